The molecule has 0 spiro atoms. The van der Waals surface area contributed by atoms with Crippen LogP contribution in [-0.4, -0.2) is 240 Å². The van der Waals surface area contributed by atoms with Gasteiger partial charge in [-0.15, -0.1) is 23.2 Å². The molecular weight excluding hydrogens is 1560 g/mol. The zero-order valence-corrected chi connectivity index (χ0v) is 63.9. The molecule has 0 aliphatic heterocycles. The number of benzene rings is 2. The van der Waals surface area contributed by atoms with Gasteiger partial charge >= 0.3 is 12.1 Å². The molecule has 2 aromatic carbocycles. The molecule has 0 aliphatic rings. The third-order valence-corrected chi connectivity index (χ3v) is 15.4. The lowest BCUT2D eigenvalue weighted by atomic mass is 9.93. The van der Waals surface area contributed by atoms with Gasteiger partial charge in [0, 0.05) is 122 Å². The number of carbonyl (C=O) groups excluding carboxylic acids is 9. The molecule has 0 bridgehead atoms. The SMILES string of the molecule is C.C=C(N)NCCC[C@H](CC(=O)CNC(=O)[C@@H]([NH3+])CCC(=O)NCCCOCCOCCOCCCNc1ccc([N+](=O)[O-])cc1[N+](=O)[O-])C(=O)CCl.NC(N)=[NH+]CCC[C@H](CC(=O)CNC(=O)[C@@H]([NH3+])CCC(=O)NCCCOCCOCCOCCCNc1ccc([N+](=O)[O-])cc1[N+](=O)[O-])C(=O)CCl.O=CC(F)(F)F.[Cl-]. The number of rotatable bonds is 63. The van der Waals surface area contributed by atoms with Crippen LogP contribution < -0.4 is 83.3 Å². The van der Waals surface area contributed by atoms with E-state index in [-0.39, 0.29) is 158 Å². The normalized spacial score (nSPS) is 11.7. The standard InChI is InChI=1S/C32H51ClN8O11.C31H50ClN9O11.C2HF3O.CH4.ClH/c1-23(34)36-10-2-5-24(30(43)21-33)19-26(42)22-39-32(45)27(35)7-9-31(44)38-12-4-14-51-16-18-52-17-15-50-13-3-11-37-28-8-6-25(40(46)47)20-29(28)41(48)49;32-20-28(43)22(4-1-9-38-31(34)35)18-24(42)21-39-30(45)25(33)6-8-29(44)37-11-3-13-51-15-17-52-16-14-50-12-2-10-36-26-7-5-23(40(46)47)19-27(26)41(48)49;3-2(4,5)1-6;;/h6,8,20,24,27,36-37H,1-5,7,9-19,21-22,34-35H2,(H,38,44)(H,39,45);5,7,19,22,25,36H,1-4,6,8-18,20-21,33H2,(H,37,44)(H,39,45)(H4,34,35,38);1H;1H4;1H/p+2/t24-,27+;22-,25+;;;/m11.../s1. The Balaban J connectivity index is -0.00000194. The molecule has 0 saturated carbocycles. The quantitative estimate of drug-likeness (QED) is 0.00591. The fourth-order valence-corrected chi connectivity index (χ4v) is 9.54. The summed E-state index contributed by atoms with van der Waals surface area (Å²) in [5.74, 6) is -3.69. The molecule has 0 heterocycles. The molecule has 0 unspecified atom stereocenters. The van der Waals surface area contributed by atoms with Crippen molar-refractivity contribution in [2.75, 3.05) is 154 Å². The second-order valence-electron chi connectivity index (χ2n) is 23.8. The zero-order chi connectivity index (χ0) is 82.7. The Kier molecular flexibility index (Phi) is 62.4. The van der Waals surface area contributed by atoms with E-state index in [0.717, 1.165) is 12.1 Å². The van der Waals surface area contributed by atoms with Crippen LogP contribution in [0.25, 0.3) is 0 Å². The number of halogens is 6. The maximum absolute atomic E-state index is 12.4. The van der Waals surface area contributed by atoms with Crippen LogP contribution in [0.15, 0.2) is 48.8 Å². The van der Waals surface area contributed by atoms with Gasteiger partial charge in [0.1, 0.15) is 11.4 Å². The number of hydrogen-bond acceptors (Lipinski definition) is 27. The van der Waals surface area contributed by atoms with Crippen molar-refractivity contribution in [1.82, 2.24) is 26.6 Å². The summed E-state index contributed by atoms with van der Waals surface area (Å²) in [5, 5.41) is 63.2. The van der Waals surface area contributed by atoms with Crippen molar-refractivity contribution in [3.63, 3.8) is 0 Å². The molecule has 636 valence electrons. The number of anilines is 2. The molecule has 0 saturated heterocycles. The van der Waals surface area contributed by atoms with Gasteiger partial charge in [-0.2, -0.15) is 13.2 Å². The lowest BCUT2D eigenvalue weighted by Crippen LogP contribution is -3.00. The molecule has 112 heavy (non-hydrogen) atoms. The average Bonchev–Trinajstić information content (AvgIpc) is 0.846. The monoisotopic (exact) mass is 1670 g/mol. The van der Waals surface area contributed by atoms with Crippen LogP contribution in [0.1, 0.15) is 97.3 Å². The smallest absolute Gasteiger partial charge is 0.446 e. The van der Waals surface area contributed by atoms with Gasteiger partial charge in [-0.3, -0.25) is 100 Å². The molecular formula is C66H109Cl3F3N17O23+2. The molecule has 0 aromatic heterocycles. The second-order valence-corrected chi connectivity index (χ2v) is 24.4. The van der Waals surface area contributed by atoms with Crippen molar-refractivity contribution in [3.8, 4) is 0 Å². The molecule has 0 aliphatic carbocycles. The first-order chi connectivity index (χ1) is 52.3. The molecule has 2 aromatic rings. The van der Waals surface area contributed by atoms with Crippen molar-refractivity contribution in [2.45, 2.75) is 116 Å². The number of alkyl halides is 5. The minimum absolute atomic E-state index is 0. The van der Waals surface area contributed by atoms with Crippen molar-refractivity contribution in [1.29, 1.82) is 0 Å². The number of aldehydes is 1. The minimum Gasteiger partial charge on any atom is -1.00 e. The number of nitro groups is 4. The fourth-order valence-electron chi connectivity index (χ4n) is 9.10. The predicted molar refractivity (Wildman–Crippen MR) is 399 cm³/mol. The van der Waals surface area contributed by atoms with Gasteiger partial charge in [0.2, 0.25) is 18.1 Å². The Morgan fingerprint density at radius 1 is 0.518 bits per heavy atom. The Hall–Kier alpha value is -9.18. The number of guanidine groups is 1. The number of amides is 4. The summed E-state index contributed by atoms with van der Waals surface area (Å²) in [5.41, 5.74) is 22.6. The highest BCUT2D eigenvalue weighted by Gasteiger charge is 2.28. The van der Waals surface area contributed by atoms with Gasteiger partial charge in [-0.05, 0) is 63.5 Å². The van der Waals surface area contributed by atoms with E-state index in [4.69, 9.17) is 73.6 Å². The summed E-state index contributed by atoms with van der Waals surface area (Å²) in [6, 6.07) is 5.36. The molecule has 2 rings (SSSR count). The zero-order valence-electron chi connectivity index (χ0n) is 61.6. The number of hydrogen-bond donors (Lipinski definition) is 13. The molecule has 0 fully saturated rings. The van der Waals surface area contributed by atoms with Gasteiger partial charge < -0.3 is 95.2 Å². The number of carbonyl (C=O) groups is 9. The number of nitrogens with one attached hydrogen (secondary N) is 8. The van der Waals surface area contributed by atoms with E-state index in [0.29, 0.717) is 176 Å². The third kappa shape index (κ3) is 56.1. The van der Waals surface area contributed by atoms with Gasteiger partial charge in [-0.25, -0.2) is 0 Å². The summed E-state index contributed by atoms with van der Waals surface area (Å²) < 4.78 is 64.0. The Morgan fingerprint density at radius 3 is 1.16 bits per heavy atom. The summed E-state index contributed by atoms with van der Waals surface area (Å²) in [6.45, 7) is 9.92. The minimum atomic E-state index is -4.64. The summed E-state index contributed by atoms with van der Waals surface area (Å²) in [7, 11) is 0. The van der Waals surface area contributed by atoms with Crippen molar-refractivity contribution in [2.24, 2.45) is 29.0 Å². The molecule has 0 radical (unpaired) electrons. The molecule has 20 N–H and O–H groups in total. The lowest BCUT2D eigenvalue weighted by molar-refractivity contribution is -0.459. The number of non-ortho nitro benzene ring substituents is 2. The molecule has 46 heteroatoms. The van der Waals surface area contributed by atoms with Crippen LogP contribution in [0.2, 0.25) is 0 Å². The fraction of sp³-hybridized carbons (Fsp3) is 0.636. The van der Waals surface area contributed by atoms with Crippen LogP contribution in [0.4, 0.5) is 47.3 Å². The highest BCUT2D eigenvalue weighted by molar-refractivity contribution is 6.28. The first-order valence-corrected chi connectivity index (χ1v) is 35.9. The topological polar surface area (TPSA) is 613 Å². The number of ether oxygens (including phenoxy) is 6. The highest BCUT2D eigenvalue weighted by Crippen LogP contribution is 2.30. The maximum atomic E-state index is 12.4. The number of ketones is 4. The largest absolute Gasteiger partial charge is 1.00 e. The van der Waals surface area contributed by atoms with Crippen LogP contribution in [0.5, 0.6) is 0 Å². The predicted octanol–water partition coefficient (Wildman–Crippen LogP) is -3.18. The van der Waals surface area contributed by atoms with Gasteiger partial charge in [-0.1, -0.05) is 14.0 Å². The van der Waals surface area contributed by atoms with Gasteiger partial charge in [0.25, 0.3) is 34.6 Å². The van der Waals surface area contributed by atoms with Gasteiger partial charge in [0.05, 0.1) is 122 Å². The van der Waals surface area contributed by atoms with Crippen LogP contribution in [0, 0.1) is 52.3 Å². The summed E-state index contributed by atoms with van der Waals surface area (Å²) in [6.07, 6.45) is -1.01. The van der Waals surface area contributed by atoms with E-state index in [1.807, 2.05) is 0 Å². The van der Waals surface area contributed by atoms with E-state index < -0.39 is 67.9 Å². The van der Waals surface area contributed by atoms with Crippen molar-refractivity contribution >= 4 is 116 Å². The van der Waals surface area contributed by atoms with Crippen molar-refractivity contribution in [3.05, 3.63) is 89.3 Å². The number of Topliss-reactive ketones (excluding diaryl/α,β-unsaturated/α-hetero) is 4. The van der Waals surface area contributed by atoms with E-state index in [1.165, 1.54) is 24.3 Å². The molecule has 40 nitrogen and oxygen atoms in total. The summed E-state index contributed by atoms with van der Waals surface area (Å²) >= 11 is 11.4. The Morgan fingerprint density at radius 2 is 0.848 bits per heavy atom. The number of nitrogens with zero attached hydrogens (tertiary/aromatic N) is 4. The Bertz CT molecular complexity index is 3230. The highest BCUT2D eigenvalue weighted by atomic mass is 35.5. The van der Waals surface area contributed by atoms with E-state index >= 15 is 0 Å². The average molecular weight is 1670 g/mol. The molecule has 4 amide bonds. The van der Waals surface area contributed by atoms with Crippen molar-refractivity contribution < 1.29 is 133 Å². The number of nitrogens with two attached hydrogens (primary N) is 3. The first kappa shape index (κ1) is 107. The Labute approximate surface area is 661 Å². The first-order valence-electron chi connectivity index (χ1n) is 34.9. The number of nitro benzene ring substituents is 4. The van der Waals surface area contributed by atoms with Gasteiger partial charge in [0.15, 0.2) is 35.2 Å². The summed E-state index contributed by atoms with van der Waals surface area (Å²) in [4.78, 5) is 151. The van der Waals surface area contributed by atoms with Crippen LogP contribution >= 0.6 is 23.2 Å². The third-order valence-electron chi connectivity index (χ3n) is 14.9. The second kappa shape index (κ2) is 65.4. The lowest BCUT2D eigenvalue weighted by Gasteiger charge is -2.15. The van der Waals surface area contributed by atoms with E-state index in [2.05, 4.69) is 60.3 Å². The number of quaternary nitrogens is 2. The van der Waals surface area contributed by atoms with Crippen LogP contribution in [0.3, 0.4) is 0 Å². The maximum Gasteiger partial charge on any atom is 0.446 e. The van der Waals surface area contributed by atoms with E-state index in [9.17, 15) is 92.0 Å². The van der Waals surface area contributed by atoms with E-state index in [1.54, 1.807) is 0 Å². The molecule has 4 atom stereocenters. The van der Waals surface area contributed by atoms with Crippen LogP contribution in [-0.2, 0) is 71.6 Å².